The molecule has 0 bridgehead atoms. The molecular weight excluding hydrogens is 216 g/mol. The zero-order valence-corrected chi connectivity index (χ0v) is 9.84. The Hall–Kier alpha value is -1.72. The van der Waals surface area contributed by atoms with Gasteiger partial charge in [-0.25, -0.2) is 0 Å². The van der Waals surface area contributed by atoms with Gasteiger partial charge in [-0.1, -0.05) is 11.2 Å². The van der Waals surface area contributed by atoms with Gasteiger partial charge in [-0.3, -0.25) is 9.88 Å². The highest BCUT2D eigenvalue weighted by molar-refractivity contribution is 5.09. The Morgan fingerprint density at radius 2 is 2.29 bits per heavy atom. The van der Waals surface area contributed by atoms with Crippen molar-refractivity contribution in [1.29, 1.82) is 0 Å². The van der Waals surface area contributed by atoms with Gasteiger partial charge in [-0.15, -0.1) is 0 Å². The van der Waals surface area contributed by atoms with Crippen molar-refractivity contribution in [2.24, 2.45) is 5.73 Å². The van der Waals surface area contributed by atoms with Crippen molar-refractivity contribution in [3.05, 3.63) is 47.6 Å². The standard InChI is InChI=1S/C12H16N4O/c1-16(8-10-3-2-4-14-7-10)9-12-5-11(6-13)15-17-12/h2-5,7H,6,8-9,13H2,1H3. The number of pyridine rings is 1. The smallest absolute Gasteiger partial charge is 0.151 e. The first-order valence-electron chi connectivity index (χ1n) is 5.50. The van der Waals surface area contributed by atoms with Gasteiger partial charge in [0.05, 0.1) is 12.2 Å². The molecular formula is C12H16N4O. The second-order valence-corrected chi connectivity index (χ2v) is 4.02. The van der Waals surface area contributed by atoms with Gasteiger partial charge in [0.1, 0.15) is 0 Å². The summed E-state index contributed by atoms with van der Waals surface area (Å²) in [4.78, 5) is 6.22. The number of aromatic nitrogens is 2. The molecule has 0 aromatic carbocycles. The van der Waals surface area contributed by atoms with E-state index in [9.17, 15) is 0 Å². The van der Waals surface area contributed by atoms with E-state index >= 15 is 0 Å². The van der Waals surface area contributed by atoms with Crippen molar-refractivity contribution in [1.82, 2.24) is 15.0 Å². The van der Waals surface area contributed by atoms with E-state index in [4.69, 9.17) is 10.3 Å². The van der Waals surface area contributed by atoms with Crippen molar-refractivity contribution in [2.45, 2.75) is 19.6 Å². The Balaban J connectivity index is 1.91. The average Bonchev–Trinajstić information content (AvgIpc) is 2.78. The topological polar surface area (TPSA) is 68.2 Å². The van der Waals surface area contributed by atoms with Crippen LogP contribution >= 0.6 is 0 Å². The molecule has 0 amide bonds. The molecule has 2 aromatic rings. The molecule has 5 nitrogen and oxygen atoms in total. The van der Waals surface area contributed by atoms with Crippen LogP contribution in [0.5, 0.6) is 0 Å². The lowest BCUT2D eigenvalue weighted by Crippen LogP contribution is -2.16. The summed E-state index contributed by atoms with van der Waals surface area (Å²) < 4.78 is 5.18. The fourth-order valence-electron chi connectivity index (χ4n) is 1.65. The lowest BCUT2D eigenvalue weighted by atomic mass is 10.2. The quantitative estimate of drug-likeness (QED) is 0.837. The normalized spacial score (nSPS) is 11.0. The predicted octanol–water partition coefficient (Wildman–Crippen LogP) is 1.16. The summed E-state index contributed by atoms with van der Waals surface area (Å²) in [6, 6.07) is 5.87. The van der Waals surface area contributed by atoms with Crippen molar-refractivity contribution >= 4 is 0 Å². The molecule has 0 radical (unpaired) electrons. The molecule has 2 rings (SSSR count). The molecule has 0 aliphatic heterocycles. The van der Waals surface area contributed by atoms with Gasteiger partial charge >= 0.3 is 0 Å². The van der Waals surface area contributed by atoms with Crippen molar-refractivity contribution in [3.8, 4) is 0 Å². The number of hydrogen-bond donors (Lipinski definition) is 1. The third-order valence-electron chi connectivity index (χ3n) is 2.42. The molecule has 17 heavy (non-hydrogen) atoms. The Labute approximate surface area is 100 Å². The minimum absolute atomic E-state index is 0.413. The van der Waals surface area contributed by atoms with Crippen LogP contribution in [-0.2, 0) is 19.6 Å². The fourth-order valence-corrected chi connectivity index (χ4v) is 1.65. The van der Waals surface area contributed by atoms with E-state index in [-0.39, 0.29) is 0 Å². The summed E-state index contributed by atoms with van der Waals surface area (Å²) >= 11 is 0. The Morgan fingerprint density at radius 1 is 1.41 bits per heavy atom. The van der Waals surface area contributed by atoms with Crippen LogP contribution in [-0.4, -0.2) is 22.1 Å². The van der Waals surface area contributed by atoms with Gasteiger partial charge in [0.15, 0.2) is 5.76 Å². The van der Waals surface area contributed by atoms with Crippen LogP contribution in [0.3, 0.4) is 0 Å². The molecule has 0 aliphatic rings. The van der Waals surface area contributed by atoms with Gasteiger partial charge in [0.2, 0.25) is 0 Å². The maximum Gasteiger partial charge on any atom is 0.151 e. The molecule has 5 heteroatoms. The molecule has 0 saturated carbocycles. The molecule has 0 spiro atoms. The van der Waals surface area contributed by atoms with Crippen LogP contribution in [0.2, 0.25) is 0 Å². The second kappa shape index (κ2) is 5.56. The fraction of sp³-hybridized carbons (Fsp3) is 0.333. The van der Waals surface area contributed by atoms with E-state index < -0.39 is 0 Å². The minimum Gasteiger partial charge on any atom is -0.360 e. The SMILES string of the molecule is CN(Cc1cccnc1)Cc1cc(CN)no1. The van der Waals surface area contributed by atoms with Crippen LogP contribution in [0.4, 0.5) is 0 Å². The van der Waals surface area contributed by atoms with Gasteiger partial charge in [0, 0.05) is 31.5 Å². The van der Waals surface area contributed by atoms with Crippen molar-refractivity contribution in [2.75, 3.05) is 7.05 Å². The summed E-state index contributed by atoms with van der Waals surface area (Å²) in [7, 11) is 2.03. The first kappa shape index (κ1) is 11.8. The highest BCUT2D eigenvalue weighted by Gasteiger charge is 2.06. The summed E-state index contributed by atoms with van der Waals surface area (Å²) in [6.45, 7) is 1.95. The molecule has 0 atom stereocenters. The van der Waals surface area contributed by atoms with Crippen LogP contribution in [0.25, 0.3) is 0 Å². The van der Waals surface area contributed by atoms with Gasteiger partial charge < -0.3 is 10.3 Å². The number of rotatable bonds is 5. The summed E-state index contributed by atoms with van der Waals surface area (Å²) in [5.74, 6) is 0.830. The Morgan fingerprint density at radius 3 is 2.94 bits per heavy atom. The van der Waals surface area contributed by atoms with Gasteiger partial charge in [-0.2, -0.15) is 0 Å². The van der Waals surface area contributed by atoms with Gasteiger partial charge in [-0.05, 0) is 18.7 Å². The summed E-state index contributed by atoms with van der Waals surface area (Å²) in [5.41, 5.74) is 7.43. The second-order valence-electron chi connectivity index (χ2n) is 4.02. The zero-order chi connectivity index (χ0) is 12.1. The van der Waals surface area contributed by atoms with E-state index in [1.807, 2.05) is 25.4 Å². The Kier molecular flexibility index (Phi) is 3.85. The maximum absolute atomic E-state index is 5.47. The number of nitrogens with two attached hydrogens (primary N) is 1. The molecule has 2 N–H and O–H groups in total. The highest BCUT2D eigenvalue weighted by atomic mass is 16.5. The monoisotopic (exact) mass is 232 g/mol. The van der Waals surface area contributed by atoms with E-state index in [0.717, 1.165) is 18.0 Å². The average molecular weight is 232 g/mol. The lowest BCUT2D eigenvalue weighted by Gasteiger charge is -2.14. The summed E-state index contributed by atoms with van der Waals surface area (Å²) in [6.07, 6.45) is 3.63. The zero-order valence-electron chi connectivity index (χ0n) is 9.84. The van der Waals surface area contributed by atoms with Crippen LogP contribution < -0.4 is 5.73 Å². The highest BCUT2D eigenvalue weighted by Crippen LogP contribution is 2.08. The van der Waals surface area contributed by atoms with Crippen LogP contribution in [0.1, 0.15) is 17.0 Å². The van der Waals surface area contributed by atoms with Crippen LogP contribution in [0, 0.1) is 0 Å². The van der Waals surface area contributed by atoms with E-state index in [0.29, 0.717) is 13.1 Å². The number of nitrogens with zero attached hydrogens (tertiary/aromatic N) is 3. The molecule has 0 fully saturated rings. The summed E-state index contributed by atoms with van der Waals surface area (Å²) in [5, 5.41) is 3.86. The molecule has 90 valence electrons. The molecule has 0 saturated heterocycles. The van der Waals surface area contributed by atoms with Crippen molar-refractivity contribution in [3.63, 3.8) is 0 Å². The van der Waals surface area contributed by atoms with Crippen LogP contribution in [0.15, 0.2) is 35.1 Å². The first-order chi connectivity index (χ1) is 8.28. The third kappa shape index (κ3) is 3.37. The number of hydrogen-bond acceptors (Lipinski definition) is 5. The minimum atomic E-state index is 0.413. The molecule has 2 heterocycles. The largest absolute Gasteiger partial charge is 0.360 e. The van der Waals surface area contributed by atoms with E-state index in [1.165, 1.54) is 5.56 Å². The van der Waals surface area contributed by atoms with E-state index in [2.05, 4.69) is 21.1 Å². The molecule has 0 unspecified atom stereocenters. The molecule has 2 aromatic heterocycles. The van der Waals surface area contributed by atoms with Gasteiger partial charge in [0.25, 0.3) is 0 Å². The van der Waals surface area contributed by atoms with E-state index in [1.54, 1.807) is 6.20 Å². The molecule has 0 aliphatic carbocycles. The predicted molar refractivity (Wildman–Crippen MR) is 63.8 cm³/mol. The van der Waals surface area contributed by atoms with Crippen molar-refractivity contribution < 1.29 is 4.52 Å². The maximum atomic E-state index is 5.47. The Bertz CT molecular complexity index is 455. The third-order valence-corrected chi connectivity index (χ3v) is 2.42. The first-order valence-corrected chi connectivity index (χ1v) is 5.50. The lowest BCUT2D eigenvalue weighted by molar-refractivity contribution is 0.265.